The van der Waals surface area contributed by atoms with E-state index in [1.165, 1.54) is 55.6 Å². The van der Waals surface area contributed by atoms with Gasteiger partial charge >= 0.3 is 0 Å². The predicted molar refractivity (Wildman–Crippen MR) is 100 cm³/mol. The summed E-state index contributed by atoms with van der Waals surface area (Å²) in [6.07, 6.45) is 0. The van der Waals surface area contributed by atoms with Crippen molar-refractivity contribution < 1.29 is 21.6 Å². The van der Waals surface area contributed by atoms with Crippen LogP contribution in [-0.2, 0) is 20.0 Å². The van der Waals surface area contributed by atoms with Crippen LogP contribution in [0, 0.1) is 0 Å². The summed E-state index contributed by atoms with van der Waals surface area (Å²) in [5, 5.41) is 0. The fourth-order valence-electron chi connectivity index (χ4n) is 2.16. The van der Waals surface area contributed by atoms with Crippen molar-refractivity contribution in [3.05, 3.63) is 48.5 Å². The van der Waals surface area contributed by atoms with Gasteiger partial charge in [-0.1, -0.05) is 6.07 Å². The van der Waals surface area contributed by atoms with Gasteiger partial charge in [-0.05, 0) is 63.2 Å². The van der Waals surface area contributed by atoms with Crippen LogP contribution in [0.4, 0.5) is 5.69 Å². The van der Waals surface area contributed by atoms with Crippen molar-refractivity contribution in [1.82, 2.24) is 4.72 Å². The number of hydrogen-bond donors (Lipinski definition) is 2. The molecule has 0 atom stereocenters. The molecule has 0 amide bonds. The third kappa shape index (κ3) is 5.20. The summed E-state index contributed by atoms with van der Waals surface area (Å²) in [7, 11) is -6.14. The standard InChI is InChI=1S/C17H22N2O5S2/c1-17(2,3)19-26(22,23)16-7-5-6-13(12-16)18-25(20,21)15-10-8-14(24-4)9-11-15/h5-12,18-19H,1-4H3. The Hall–Kier alpha value is -2.10. The fourth-order valence-corrected chi connectivity index (χ4v) is 4.67. The van der Waals surface area contributed by atoms with Crippen LogP contribution in [0.15, 0.2) is 58.3 Å². The van der Waals surface area contributed by atoms with E-state index in [2.05, 4.69) is 9.44 Å². The molecule has 0 aliphatic carbocycles. The molecule has 0 saturated carbocycles. The highest BCUT2D eigenvalue weighted by Crippen LogP contribution is 2.22. The first kappa shape index (κ1) is 20.2. The van der Waals surface area contributed by atoms with Crippen molar-refractivity contribution in [2.45, 2.75) is 36.1 Å². The summed E-state index contributed by atoms with van der Waals surface area (Å²) >= 11 is 0. The van der Waals surface area contributed by atoms with E-state index in [1.807, 2.05) is 0 Å². The Labute approximate surface area is 154 Å². The van der Waals surface area contributed by atoms with E-state index in [0.717, 1.165) is 0 Å². The molecule has 142 valence electrons. The Morgan fingerprint density at radius 2 is 1.46 bits per heavy atom. The van der Waals surface area contributed by atoms with Gasteiger partial charge < -0.3 is 4.74 Å². The van der Waals surface area contributed by atoms with Crippen molar-refractivity contribution in [2.75, 3.05) is 11.8 Å². The molecule has 0 radical (unpaired) electrons. The molecular weight excluding hydrogens is 376 g/mol. The normalized spacial score (nSPS) is 12.6. The quantitative estimate of drug-likeness (QED) is 0.779. The highest BCUT2D eigenvalue weighted by Gasteiger charge is 2.23. The second-order valence-corrected chi connectivity index (χ2v) is 10.0. The van der Waals surface area contributed by atoms with Crippen LogP contribution < -0.4 is 14.2 Å². The molecule has 0 unspecified atom stereocenters. The maximum atomic E-state index is 12.5. The van der Waals surface area contributed by atoms with E-state index in [-0.39, 0.29) is 15.5 Å². The van der Waals surface area contributed by atoms with Gasteiger partial charge in [0.15, 0.2) is 0 Å². The number of benzene rings is 2. The third-order valence-electron chi connectivity index (χ3n) is 3.21. The second kappa shape index (κ2) is 7.26. The lowest BCUT2D eigenvalue weighted by atomic mass is 10.1. The van der Waals surface area contributed by atoms with Crippen molar-refractivity contribution in [2.24, 2.45) is 0 Å². The first-order chi connectivity index (χ1) is 11.9. The van der Waals surface area contributed by atoms with Gasteiger partial charge in [0.25, 0.3) is 10.0 Å². The maximum absolute atomic E-state index is 12.5. The average molecular weight is 399 g/mol. The molecule has 0 spiro atoms. The zero-order chi connectivity index (χ0) is 19.6. The molecule has 0 bridgehead atoms. The number of rotatable bonds is 6. The van der Waals surface area contributed by atoms with Gasteiger partial charge in [-0.25, -0.2) is 21.6 Å². The minimum Gasteiger partial charge on any atom is -0.497 e. The molecular formula is C17H22N2O5S2. The van der Waals surface area contributed by atoms with Crippen molar-refractivity contribution in [3.63, 3.8) is 0 Å². The molecule has 2 aromatic carbocycles. The molecule has 2 aromatic rings. The highest BCUT2D eigenvalue weighted by molar-refractivity contribution is 7.92. The van der Waals surface area contributed by atoms with Crippen LogP contribution in [-0.4, -0.2) is 29.5 Å². The van der Waals surface area contributed by atoms with Crippen LogP contribution in [0.3, 0.4) is 0 Å². The summed E-state index contributed by atoms with van der Waals surface area (Å²) in [5.74, 6) is 0.533. The molecule has 0 saturated heterocycles. The van der Waals surface area contributed by atoms with E-state index in [9.17, 15) is 16.8 Å². The predicted octanol–water partition coefficient (Wildman–Crippen LogP) is 2.57. The first-order valence-corrected chi connectivity index (χ1v) is 10.7. The van der Waals surface area contributed by atoms with E-state index < -0.39 is 25.6 Å². The number of nitrogens with one attached hydrogen (secondary N) is 2. The Balaban J connectivity index is 2.30. The molecule has 0 aliphatic heterocycles. The lowest BCUT2D eigenvalue weighted by Gasteiger charge is -2.20. The molecule has 0 aromatic heterocycles. The molecule has 0 heterocycles. The largest absolute Gasteiger partial charge is 0.497 e. The molecule has 0 fully saturated rings. The molecule has 0 aliphatic rings. The number of ether oxygens (including phenoxy) is 1. The zero-order valence-electron chi connectivity index (χ0n) is 15.0. The summed E-state index contributed by atoms with van der Waals surface area (Å²) in [4.78, 5) is 0.0155. The Morgan fingerprint density at radius 1 is 0.846 bits per heavy atom. The number of methoxy groups -OCH3 is 1. The van der Waals surface area contributed by atoms with Gasteiger partial charge in [0.1, 0.15) is 5.75 Å². The van der Waals surface area contributed by atoms with Crippen molar-refractivity contribution in [1.29, 1.82) is 0 Å². The lowest BCUT2D eigenvalue weighted by Crippen LogP contribution is -2.40. The topological polar surface area (TPSA) is 102 Å². The molecule has 2 rings (SSSR count). The minimum atomic E-state index is -3.86. The van der Waals surface area contributed by atoms with Crippen LogP contribution in [0.5, 0.6) is 5.75 Å². The van der Waals surface area contributed by atoms with Gasteiger partial charge in [-0.15, -0.1) is 0 Å². The third-order valence-corrected chi connectivity index (χ3v) is 6.36. The average Bonchev–Trinajstić information content (AvgIpc) is 2.52. The molecule has 9 heteroatoms. The molecule has 7 nitrogen and oxygen atoms in total. The second-order valence-electron chi connectivity index (χ2n) is 6.66. The minimum absolute atomic E-state index is 0.0256. The first-order valence-electron chi connectivity index (χ1n) is 7.74. The lowest BCUT2D eigenvalue weighted by molar-refractivity contribution is 0.414. The fraction of sp³-hybridized carbons (Fsp3) is 0.294. The summed E-state index contributed by atoms with van der Waals surface area (Å²) < 4.78 is 59.7. The van der Waals surface area contributed by atoms with Crippen LogP contribution in [0.1, 0.15) is 20.8 Å². The van der Waals surface area contributed by atoms with Gasteiger partial charge in [0.2, 0.25) is 10.0 Å². The zero-order valence-corrected chi connectivity index (χ0v) is 16.6. The Bertz CT molecular complexity index is 977. The van der Waals surface area contributed by atoms with Gasteiger partial charge in [0, 0.05) is 5.54 Å². The molecule has 26 heavy (non-hydrogen) atoms. The summed E-state index contributed by atoms with van der Waals surface area (Å²) in [6, 6.07) is 11.5. The van der Waals surface area contributed by atoms with Gasteiger partial charge in [0.05, 0.1) is 22.6 Å². The van der Waals surface area contributed by atoms with Gasteiger partial charge in [-0.2, -0.15) is 0 Å². The van der Waals surface area contributed by atoms with Crippen LogP contribution in [0.2, 0.25) is 0 Å². The van der Waals surface area contributed by atoms with E-state index in [1.54, 1.807) is 20.8 Å². The maximum Gasteiger partial charge on any atom is 0.261 e. The summed E-state index contributed by atoms with van der Waals surface area (Å²) in [6.45, 7) is 5.17. The van der Waals surface area contributed by atoms with E-state index in [0.29, 0.717) is 5.75 Å². The number of sulfonamides is 2. The smallest absolute Gasteiger partial charge is 0.261 e. The number of anilines is 1. The molecule has 2 N–H and O–H groups in total. The number of hydrogen-bond acceptors (Lipinski definition) is 5. The highest BCUT2D eigenvalue weighted by atomic mass is 32.2. The van der Waals surface area contributed by atoms with Crippen molar-refractivity contribution >= 4 is 25.7 Å². The summed E-state index contributed by atoms with van der Waals surface area (Å²) in [5.41, 5.74) is -0.505. The monoisotopic (exact) mass is 398 g/mol. The van der Waals surface area contributed by atoms with Crippen LogP contribution in [0.25, 0.3) is 0 Å². The van der Waals surface area contributed by atoms with E-state index >= 15 is 0 Å². The SMILES string of the molecule is COc1ccc(S(=O)(=O)Nc2cccc(S(=O)(=O)NC(C)(C)C)c2)cc1. The van der Waals surface area contributed by atoms with Crippen molar-refractivity contribution in [3.8, 4) is 5.75 Å². The van der Waals surface area contributed by atoms with E-state index in [4.69, 9.17) is 4.74 Å². The Morgan fingerprint density at radius 3 is 2.00 bits per heavy atom. The van der Waals surface area contributed by atoms with Crippen LogP contribution >= 0.6 is 0 Å². The van der Waals surface area contributed by atoms with Gasteiger partial charge in [-0.3, -0.25) is 4.72 Å². The Kier molecular flexibility index (Phi) is 5.64.